The molecule has 3 aromatic rings. The molecule has 0 bridgehead atoms. The highest BCUT2D eigenvalue weighted by molar-refractivity contribution is 7.18. The quantitative estimate of drug-likeness (QED) is 0.594. The van der Waals surface area contributed by atoms with Crippen molar-refractivity contribution in [3.63, 3.8) is 0 Å². The lowest BCUT2D eigenvalue weighted by Gasteiger charge is -2.38. The second-order valence-corrected chi connectivity index (χ2v) is 8.12. The van der Waals surface area contributed by atoms with Crippen LogP contribution in [0.25, 0.3) is 10.3 Å². The highest BCUT2D eigenvalue weighted by atomic mass is 32.1. The van der Waals surface area contributed by atoms with Gasteiger partial charge in [-0.15, -0.1) is 21.5 Å². The number of fused-ring (bicyclic) bond motifs is 1. The van der Waals surface area contributed by atoms with Crippen molar-refractivity contribution >= 4 is 27.5 Å². The van der Waals surface area contributed by atoms with Crippen molar-refractivity contribution in [3.05, 3.63) is 40.4 Å². The van der Waals surface area contributed by atoms with E-state index in [0.29, 0.717) is 43.3 Å². The van der Waals surface area contributed by atoms with E-state index in [2.05, 4.69) is 25.1 Å². The molecule has 0 aromatic carbocycles. The Bertz CT molecular complexity index is 1010. The maximum Gasteiger partial charge on any atom is 0.435 e. The van der Waals surface area contributed by atoms with Gasteiger partial charge in [0.15, 0.2) is 17.2 Å². The van der Waals surface area contributed by atoms with E-state index in [1.165, 1.54) is 23.5 Å². The van der Waals surface area contributed by atoms with Crippen LogP contribution in [0.15, 0.2) is 18.2 Å². The zero-order valence-electron chi connectivity index (χ0n) is 15.7. The molecule has 0 aliphatic carbocycles. The fourth-order valence-corrected chi connectivity index (χ4v) is 4.21. The Morgan fingerprint density at radius 2 is 1.79 bits per heavy atom. The average Bonchev–Trinajstić information content (AvgIpc) is 3.05. The predicted molar refractivity (Wildman–Crippen MR) is 101 cm³/mol. The predicted octanol–water partition coefficient (Wildman–Crippen LogP) is 3.83. The largest absolute Gasteiger partial charge is 0.435 e. The number of anilines is 1. The molecule has 1 saturated heterocycles. The van der Waals surface area contributed by atoms with E-state index < -0.39 is 11.9 Å². The Balaban J connectivity index is 1.45. The lowest BCUT2D eigenvalue weighted by Crippen LogP contribution is -2.47. The maximum absolute atomic E-state index is 14.6. The molecule has 4 heterocycles. The van der Waals surface area contributed by atoms with Gasteiger partial charge in [-0.1, -0.05) is 0 Å². The monoisotopic (exact) mass is 426 g/mol. The minimum atomic E-state index is -4.51. The van der Waals surface area contributed by atoms with Crippen molar-refractivity contribution in [2.45, 2.75) is 26.1 Å². The van der Waals surface area contributed by atoms with E-state index in [0.717, 1.165) is 15.8 Å². The molecule has 154 valence electrons. The third-order valence-corrected chi connectivity index (χ3v) is 5.90. The van der Waals surface area contributed by atoms with Crippen LogP contribution in [0.1, 0.15) is 29.4 Å². The minimum Gasteiger partial charge on any atom is -0.353 e. The van der Waals surface area contributed by atoms with Gasteiger partial charge in [0.05, 0.1) is 21.4 Å². The summed E-state index contributed by atoms with van der Waals surface area (Å²) in [6.07, 6.45) is -4.51. The number of aromatic nitrogens is 4. The number of alkyl halides is 3. The van der Waals surface area contributed by atoms with E-state index in [4.69, 9.17) is 0 Å². The second kappa shape index (κ2) is 7.45. The summed E-state index contributed by atoms with van der Waals surface area (Å²) in [5.41, 5.74) is -0.109. The van der Waals surface area contributed by atoms with Gasteiger partial charge < -0.3 is 4.90 Å². The smallest absolute Gasteiger partial charge is 0.353 e. The molecule has 1 fully saturated rings. The van der Waals surface area contributed by atoms with E-state index in [1.54, 1.807) is 0 Å². The van der Waals surface area contributed by atoms with Crippen molar-refractivity contribution < 1.29 is 17.6 Å². The molecule has 6 nitrogen and oxygen atoms in total. The third-order valence-electron chi connectivity index (χ3n) is 4.99. The zero-order chi connectivity index (χ0) is 20.8. The Hall–Kier alpha value is -2.40. The van der Waals surface area contributed by atoms with Crippen molar-refractivity contribution in [2.24, 2.45) is 0 Å². The third kappa shape index (κ3) is 4.01. The van der Waals surface area contributed by atoms with Crippen LogP contribution in [0.4, 0.5) is 23.4 Å². The van der Waals surface area contributed by atoms with Crippen molar-refractivity contribution in [3.8, 4) is 0 Å². The van der Waals surface area contributed by atoms with Crippen LogP contribution in [0, 0.1) is 12.7 Å². The standard InChI is InChI=1S/C18H18F4N6S/c1-10(16-12(19)9-13-17(24-16)23-11(2)29-13)27-5-7-28(8-6-27)15-4-3-14(25-26-15)18(20,21)22/h3-4,9-10H,5-8H2,1-2H3. The Kier molecular flexibility index (Phi) is 5.11. The first-order chi connectivity index (χ1) is 13.7. The Morgan fingerprint density at radius 3 is 2.41 bits per heavy atom. The van der Waals surface area contributed by atoms with Gasteiger partial charge in [0.2, 0.25) is 0 Å². The molecule has 1 aliphatic rings. The van der Waals surface area contributed by atoms with Gasteiger partial charge in [-0.3, -0.25) is 4.90 Å². The highest BCUT2D eigenvalue weighted by Gasteiger charge is 2.33. The minimum absolute atomic E-state index is 0.248. The molecule has 0 spiro atoms. The molecule has 0 N–H and O–H groups in total. The van der Waals surface area contributed by atoms with Crippen molar-refractivity contribution in [1.82, 2.24) is 25.1 Å². The molecule has 0 radical (unpaired) electrons. The molecular formula is C18H18F4N6S. The van der Waals surface area contributed by atoms with Crippen LogP contribution >= 0.6 is 11.3 Å². The fourth-order valence-electron chi connectivity index (χ4n) is 3.41. The van der Waals surface area contributed by atoms with E-state index in [9.17, 15) is 17.6 Å². The molecule has 0 saturated carbocycles. The number of hydrogen-bond donors (Lipinski definition) is 0. The summed E-state index contributed by atoms with van der Waals surface area (Å²) in [7, 11) is 0. The molecule has 29 heavy (non-hydrogen) atoms. The van der Waals surface area contributed by atoms with Gasteiger partial charge in [0, 0.05) is 26.2 Å². The molecule has 4 rings (SSSR count). The van der Waals surface area contributed by atoms with Gasteiger partial charge in [0.1, 0.15) is 5.82 Å². The summed E-state index contributed by atoms with van der Waals surface area (Å²) in [6, 6.07) is 3.49. The normalized spacial score (nSPS) is 17.1. The molecule has 0 amide bonds. The summed E-state index contributed by atoms with van der Waals surface area (Å²) in [5.74, 6) is 0.0404. The highest BCUT2D eigenvalue weighted by Crippen LogP contribution is 2.30. The first-order valence-corrected chi connectivity index (χ1v) is 9.87. The number of rotatable bonds is 3. The average molecular weight is 426 g/mol. The molecule has 11 heteroatoms. The van der Waals surface area contributed by atoms with Crippen LogP contribution in [0.3, 0.4) is 0 Å². The van der Waals surface area contributed by atoms with Gasteiger partial charge in [0.25, 0.3) is 0 Å². The SMILES string of the molecule is Cc1nc2nc(C(C)N3CCN(c4ccc(C(F)(F)F)nn4)CC3)c(F)cc2s1. The number of halogens is 4. The number of piperazine rings is 1. The van der Waals surface area contributed by atoms with Gasteiger partial charge in [-0.05, 0) is 32.0 Å². The van der Waals surface area contributed by atoms with Crippen molar-refractivity contribution in [1.29, 1.82) is 0 Å². The Labute approximate surface area is 168 Å². The lowest BCUT2D eigenvalue weighted by molar-refractivity contribution is -0.141. The van der Waals surface area contributed by atoms with Crippen LogP contribution in [-0.4, -0.2) is 51.2 Å². The van der Waals surface area contributed by atoms with Crippen LogP contribution < -0.4 is 4.90 Å². The van der Waals surface area contributed by atoms with Crippen molar-refractivity contribution in [2.75, 3.05) is 31.1 Å². The Morgan fingerprint density at radius 1 is 1.07 bits per heavy atom. The maximum atomic E-state index is 14.6. The summed E-state index contributed by atoms with van der Waals surface area (Å²) in [4.78, 5) is 12.7. The van der Waals surface area contributed by atoms with Crippen LogP contribution in [0.5, 0.6) is 0 Å². The van der Waals surface area contributed by atoms with Gasteiger partial charge in [-0.2, -0.15) is 13.2 Å². The molecule has 1 aliphatic heterocycles. The van der Waals surface area contributed by atoms with Gasteiger partial charge in [-0.25, -0.2) is 14.4 Å². The number of thiazole rings is 1. The molecular weight excluding hydrogens is 408 g/mol. The summed E-state index contributed by atoms with van der Waals surface area (Å²) >= 11 is 1.41. The van der Waals surface area contributed by atoms with E-state index in [-0.39, 0.29) is 11.9 Å². The summed E-state index contributed by atoms with van der Waals surface area (Å²) in [6.45, 7) is 6.03. The van der Waals surface area contributed by atoms with Crippen LogP contribution in [-0.2, 0) is 6.18 Å². The number of pyridine rings is 1. The van der Waals surface area contributed by atoms with Gasteiger partial charge >= 0.3 is 6.18 Å². The summed E-state index contributed by atoms with van der Waals surface area (Å²) in [5, 5.41) is 7.82. The zero-order valence-corrected chi connectivity index (χ0v) is 16.6. The van der Waals surface area contributed by atoms with E-state index >= 15 is 0 Å². The topological polar surface area (TPSA) is 58.0 Å². The van der Waals surface area contributed by atoms with E-state index in [1.807, 2.05) is 18.7 Å². The fraction of sp³-hybridized carbons (Fsp3) is 0.444. The second-order valence-electron chi connectivity index (χ2n) is 6.88. The first kappa shape index (κ1) is 19.9. The van der Waals surface area contributed by atoms with Crippen LogP contribution in [0.2, 0.25) is 0 Å². The molecule has 1 atom stereocenters. The molecule has 1 unspecified atom stereocenters. The summed E-state index contributed by atoms with van der Waals surface area (Å²) < 4.78 is 53.2. The molecule has 3 aromatic heterocycles. The number of hydrogen-bond acceptors (Lipinski definition) is 7. The number of aryl methyl sites for hydroxylation is 1. The number of nitrogens with zero attached hydrogens (tertiary/aromatic N) is 6. The lowest BCUT2D eigenvalue weighted by atomic mass is 10.1. The first-order valence-electron chi connectivity index (χ1n) is 9.06.